The fraction of sp³-hybridized carbons (Fsp3) is 0.167. The Kier molecular flexibility index (Phi) is 6.12. The van der Waals surface area contributed by atoms with Crippen molar-refractivity contribution >= 4 is 11.6 Å². The van der Waals surface area contributed by atoms with Gasteiger partial charge < -0.3 is 14.8 Å². The molecule has 2 aromatic heterocycles. The van der Waals surface area contributed by atoms with E-state index in [9.17, 15) is 4.79 Å². The Morgan fingerprint density at radius 3 is 2.31 bits per heavy atom. The van der Waals surface area contributed by atoms with E-state index in [-0.39, 0.29) is 5.91 Å². The molecular formula is C24H23N5O3. The van der Waals surface area contributed by atoms with Gasteiger partial charge in [-0.3, -0.25) is 4.79 Å². The predicted molar refractivity (Wildman–Crippen MR) is 120 cm³/mol. The van der Waals surface area contributed by atoms with Crippen molar-refractivity contribution in [2.24, 2.45) is 0 Å². The zero-order valence-corrected chi connectivity index (χ0v) is 18.0. The molecule has 4 aromatic rings. The Labute approximate surface area is 185 Å². The molecule has 2 aromatic carbocycles. The summed E-state index contributed by atoms with van der Waals surface area (Å²) in [6, 6.07) is 21.7. The van der Waals surface area contributed by atoms with E-state index < -0.39 is 6.10 Å². The number of hydrogen-bond acceptors (Lipinski definition) is 6. The highest BCUT2D eigenvalue weighted by molar-refractivity contribution is 5.94. The summed E-state index contributed by atoms with van der Waals surface area (Å²) in [5, 5.41) is 15.5. The summed E-state index contributed by atoms with van der Waals surface area (Å²) in [4.78, 5) is 12.4. The number of nitrogens with zero attached hydrogens (tertiary/aromatic N) is 4. The third-order valence-electron chi connectivity index (χ3n) is 4.62. The van der Waals surface area contributed by atoms with Gasteiger partial charge in [-0.2, -0.15) is 5.10 Å². The Morgan fingerprint density at radius 1 is 0.938 bits per heavy atom. The second-order valence-electron chi connectivity index (χ2n) is 7.26. The Morgan fingerprint density at radius 2 is 1.69 bits per heavy atom. The van der Waals surface area contributed by atoms with Gasteiger partial charge in [0.05, 0.1) is 5.69 Å². The molecule has 0 aliphatic carbocycles. The molecule has 162 valence electrons. The van der Waals surface area contributed by atoms with Crippen LogP contribution >= 0.6 is 0 Å². The Bertz CT molecular complexity index is 1190. The minimum Gasteiger partial charge on any atom is -0.481 e. The van der Waals surface area contributed by atoms with Crippen LogP contribution in [0, 0.1) is 13.8 Å². The number of para-hydroxylation sites is 1. The summed E-state index contributed by atoms with van der Waals surface area (Å²) in [5.74, 6) is 1.95. The van der Waals surface area contributed by atoms with Crippen molar-refractivity contribution in [2.75, 3.05) is 5.32 Å². The number of aromatic nitrogens is 4. The molecule has 0 radical (unpaired) electrons. The van der Waals surface area contributed by atoms with Crippen LogP contribution in [-0.2, 0) is 4.79 Å². The third kappa shape index (κ3) is 5.10. The molecule has 0 saturated carbocycles. The topological polar surface area (TPSA) is 91.2 Å². The quantitative estimate of drug-likeness (QED) is 0.466. The SMILES string of the molecule is Cc1cc(C)n(-c2ccc(Oc3ccc(NC(=O)C(C)Oc4ccccc4)cc3)nn2)n1. The van der Waals surface area contributed by atoms with Crippen molar-refractivity contribution in [1.29, 1.82) is 0 Å². The molecule has 2 heterocycles. The average Bonchev–Trinajstić information content (AvgIpc) is 3.14. The lowest BCUT2D eigenvalue weighted by Gasteiger charge is -2.15. The van der Waals surface area contributed by atoms with Crippen LogP contribution in [0.4, 0.5) is 5.69 Å². The molecule has 0 aliphatic rings. The van der Waals surface area contributed by atoms with Crippen LogP contribution in [0.2, 0.25) is 0 Å². The molecule has 1 N–H and O–H groups in total. The molecule has 8 heteroatoms. The summed E-state index contributed by atoms with van der Waals surface area (Å²) >= 11 is 0. The molecule has 32 heavy (non-hydrogen) atoms. The zero-order valence-electron chi connectivity index (χ0n) is 18.0. The van der Waals surface area contributed by atoms with E-state index in [4.69, 9.17) is 9.47 Å². The van der Waals surface area contributed by atoms with Crippen LogP contribution < -0.4 is 14.8 Å². The fourth-order valence-corrected chi connectivity index (χ4v) is 3.07. The smallest absolute Gasteiger partial charge is 0.265 e. The first-order valence-corrected chi connectivity index (χ1v) is 10.2. The van der Waals surface area contributed by atoms with Crippen LogP contribution in [-0.4, -0.2) is 32.0 Å². The van der Waals surface area contributed by atoms with Gasteiger partial charge in [0.25, 0.3) is 5.91 Å². The van der Waals surface area contributed by atoms with Crippen molar-refractivity contribution in [3.8, 4) is 23.2 Å². The number of amides is 1. The lowest BCUT2D eigenvalue weighted by atomic mass is 10.2. The van der Waals surface area contributed by atoms with Gasteiger partial charge in [0, 0.05) is 17.4 Å². The summed E-state index contributed by atoms with van der Waals surface area (Å²) in [6.45, 7) is 5.59. The Hall–Kier alpha value is -4.20. The molecule has 0 saturated heterocycles. The van der Waals surface area contributed by atoms with Crippen LogP contribution in [0.3, 0.4) is 0 Å². The maximum Gasteiger partial charge on any atom is 0.265 e. The number of aryl methyl sites for hydroxylation is 2. The lowest BCUT2D eigenvalue weighted by Crippen LogP contribution is -2.30. The zero-order chi connectivity index (χ0) is 22.5. The average molecular weight is 429 g/mol. The second kappa shape index (κ2) is 9.30. The summed E-state index contributed by atoms with van der Waals surface area (Å²) in [7, 11) is 0. The van der Waals surface area contributed by atoms with E-state index >= 15 is 0 Å². The molecule has 8 nitrogen and oxygen atoms in total. The van der Waals surface area contributed by atoms with E-state index in [0.29, 0.717) is 28.9 Å². The maximum atomic E-state index is 12.4. The first-order chi connectivity index (χ1) is 15.5. The van der Waals surface area contributed by atoms with Gasteiger partial charge in [-0.25, -0.2) is 4.68 Å². The second-order valence-corrected chi connectivity index (χ2v) is 7.26. The molecule has 1 amide bonds. The van der Waals surface area contributed by atoms with Gasteiger partial charge in [-0.05, 0) is 69.3 Å². The van der Waals surface area contributed by atoms with Gasteiger partial charge >= 0.3 is 0 Å². The predicted octanol–water partition coefficient (Wildman–Crippen LogP) is 4.48. The highest BCUT2D eigenvalue weighted by Crippen LogP contribution is 2.22. The van der Waals surface area contributed by atoms with E-state index in [0.717, 1.165) is 11.4 Å². The van der Waals surface area contributed by atoms with Gasteiger partial charge in [-0.1, -0.05) is 18.2 Å². The lowest BCUT2D eigenvalue weighted by molar-refractivity contribution is -0.122. The van der Waals surface area contributed by atoms with E-state index in [1.54, 1.807) is 48.0 Å². The summed E-state index contributed by atoms with van der Waals surface area (Å²) in [6.07, 6.45) is -0.635. The number of anilines is 1. The number of rotatable bonds is 7. The standard InChI is InChI=1S/C24H23N5O3/c1-16-15-17(2)29(28-16)22-13-14-23(27-26-22)32-21-11-9-19(10-12-21)25-24(30)18(3)31-20-7-5-4-6-8-20/h4-15,18H,1-3H3,(H,25,30). The van der Waals surface area contributed by atoms with Gasteiger partial charge in [0.2, 0.25) is 5.88 Å². The minimum atomic E-state index is -0.635. The van der Waals surface area contributed by atoms with Crippen LogP contribution in [0.15, 0.2) is 72.8 Å². The van der Waals surface area contributed by atoms with Gasteiger partial charge in [0.1, 0.15) is 11.5 Å². The normalized spacial score (nSPS) is 11.6. The third-order valence-corrected chi connectivity index (χ3v) is 4.62. The molecule has 0 bridgehead atoms. The molecular weight excluding hydrogens is 406 g/mol. The van der Waals surface area contributed by atoms with Crippen LogP contribution in [0.5, 0.6) is 17.4 Å². The molecule has 0 aliphatic heterocycles. The van der Waals surface area contributed by atoms with Crippen molar-refractivity contribution in [3.63, 3.8) is 0 Å². The van der Waals surface area contributed by atoms with E-state index in [1.165, 1.54) is 0 Å². The first-order valence-electron chi connectivity index (χ1n) is 10.2. The number of carbonyl (C=O) groups is 1. The highest BCUT2D eigenvalue weighted by atomic mass is 16.5. The van der Waals surface area contributed by atoms with Crippen molar-refractivity contribution in [3.05, 3.63) is 84.2 Å². The number of hydrogen-bond donors (Lipinski definition) is 1. The molecule has 0 spiro atoms. The summed E-state index contributed by atoms with van der Waals surface area (Å²) in [5.41, 5.74) is 2.53. The van der Waals surface area contributed by atoms with E-state index in [1.807, 2.05) is 50.2 Å². The summed E-state index contributed by atoms with van der Waals surface area (Å²) < 4.78 is 13.1. The van der Waals surface area contributed by atoms with Crippen molar-refractivity contribution < 1.29 is 14.3 Å². The maximum absolute atomic E-state index is 12.4. The number of ether oxygens (including phenoxy) is 2. The van der Waals surface area contributed by atoms with Crippen LogP contribution in [0.25, 0.3) is 5.82 Å². The molecule has 0 fully saturated rings. The Balaban J connectivity index is 1.34. The van der Waals surface area contributed by atoms with Crippen molar-refractivity contribution in [2.45, 2.75) is 26.9 Å². The largest absolute Gasteiger partial charge is 0.481 e. The fourth-order valence-electron chi connectivity index (χ4n) is 3.07. The minimum absolute atomic E-state index is 0.242. The number of benzene rings is 2. The number of nitrogens with one attached hydrogen (secondary N) is 1. The molecule has 4 rings (SSSR count). The monoisotopic (exact) mass is 429 g/mol. The number of carbonyl (C=O) groups excluding carboxylic acids is 1. The first kappa shape index (κ1) is 21.0. The highest BCUT2D eigenvalue weighted by Gasteiger charge is 2.15. The van der Waals surface area contributed by atoms with E-state index in [2.05, 4.69) is 20.6 Å². The van der Waals surface area contributed by atoms with Crippen LogP contribution in [0.1, 0.15) is 18.3 Å². The van der Waals surface area contributed by atoms with Gasteiger partial charge in [0.15, 0.2) is 11.9 Å². The van der Waals surface area contributed by atoms with Gasteiger partial charge in [-0.15, -0.1) is 10.2 Å². The molecule has 1 atom stereocenters. The molecule has 1 unspecified atom stereocenters. The van der Waals surface area contributed by atoms with Crippen molar-refractivity contribution in [1.82, 2.24) is 20.0 Å².